The van der Waals surface area contributed by atoms with E-state index < -0.39 is 7.32 Å². The molecule has 1 heterocycles. The standard InChI is InChI=1S/C5H7NO.BH3O3/c1-4-3-7-6-5(4)2;2-1(3)4/h3H,1-2H3;2-4H. The molecule has 1 rings (SSSR count). The zero-order valence-electron chi connectivity index (χ0n) is 6.35. The van der Waals surface area contributed by atoms with Crippen molar-refractivity contribution in [2.45, 2.75) is 13.8 Å². The molecule has 5 nitrogen and oxygen atoms in total. The van der Waals surface area contributed by atoms with Crippen molar-refractivity contribution in [3.8, 4) is 0 Å². The van der Waals surface area contributed by atoms with E-state index >= 15 is 0 Å². The van der Waals surface area contributed by atoms with Gasteiger partial charge in [0.15, 0.2) is 0 Å². The number of rotatable bonds is 0. The number of aryl methyl sites for hydroxylation is 2. The minimum atomic E-state index is -2.17. The van der Waals surface area contributed by atoms with E-state index in [2.05, 4.69) is 9.68 Å². The van der Waals surface area contributed by atoms with Crippen LogP contribution in [0, 0.1) is 13.8 Å². The lowest BCUT2D eigenvalue weighted by Crippen LogP contribution is -2.07. The quantitative estimate of drug-likeness (QED) is 0.433. The molecule has 0 atom stereocenters. The van der Waals surface area contributed by atoms with E-state index in [9.17, 15) is 0 Å². The van der Waals surface area contributed by atoms with E-state index in [1.807, 2.05) is 13.8 Å². The number of hydrogen-bond donors (Lipinski definition) is 3. The predicted octanol–water partition coefficient (Wildman–Crippen LogP) is -0.760. The summed E-state index contributed by atoms with van der Waals surface area (Å²) >= 11 is 0. The second-order valence-corrected chi connectivity index (χ2v) is 1.93. The second kappa shape index (κ2) is 4.89. The zero-order valence-corrected chi connectivity index (χ0v) is 6.35. The molecule has 0 saturated carbocycles. The smallest absolute Gasteiger partial charge is 0.402 e. The van der Waals surface area contributed by atoms with Crippen LogP contribution in [0.3, 0.4) is 0 Å². The van der Waals surface area contributed by atoms with Gasteiger partial charge in [0.2, 0.25) is 0 Å². The van der Waals surface area contributed by atoms with Gasteiger partial charge in [-0.15, -0.1) is 0 Å². The van der Waals surface area contributed by atoms with Gasteiger partial charge in [-0.3, -0.25) is 0 Å². The van der Waals surface area contributed by atoms with Crippen molar-refractivity contribution in [1.29, 1.82) is 0 Å². The Bertz CT molecular complexity index is 181. The van der Waals surface area contributed by atoms with E-state index in [4.69, 9.17) is 15.1 Å². The third kappa shape index (κ3) is 5.59. The number of nitrogens with zero attached hydrogens (tertiary/aromatic N) is 1. The van der Waals surface area contributed by atoms with E-state index in [0.29, 0.717) is 0 Å². The van der Waals surface area contributed by atoms with Gasteiger partial charge in [0.25, 0.3) is 0 Å². The summed E-state index contributed by atoms with van der Waals surface area (Å²) in [6, 6.07) is 0. The van der Waals surface area contributed by atoms with Crippen LogP contribution >= 0.6 is 0 Å². The van der Waals surface area contributed by atoms with Crippen molar-refractivity contribution < 1.29 is 19.6 Å². The normalized spacial score (nSPS) is 8.45. The average molecular weight is 159 g/mol. The molecule has 0 amide bonds. The molecule has 0 unspecified atom stereocenters. The van der Waals surface area contributed by atoms with Crippen LogP contribution in [0.2, 0.25) is 0 Å². The fourth-order valence-corrected chi connectivity index (χ4v) is 0.342. The molecule has 11 heavy (non-hydrogen) atoms. The molecule has 0 radical (unpaired) electrons. The molecule has 0 saturated heterocycles. The van der Waals surface area contributed by atoms with Gasteiger partial charge in [-0.1, -0.05) is 5.16 Å². The Balaban J connectivity index is 0.000000218. The Hall–Kier alpha value is -0.845. The van der Waals surface area contributed by atoms with Gasteiger partial charge in [-0.25, -0.2) is 0 Å². The van der Waals surface area contributed by atoms with Gasteiger partial charge in [0, 0.05) is 5.56 Å². The zero-order chi connectivity index (χ0) is 8.85. The maximum Gasteiger partial charge on any atom is 0.631 e. The van der Waals surface area contributed by atoms with E-state index in [1.165, 1.54) is 0 Å². The second-order valence-electron chi connectivity index (χ2n) is 1.93. The Labute approximate surface area is 64.4 Å². The number of aromatic nitrogens is 1. The molecule has 1 aromatic rings. The summed E-state index contributed by atoms with van der Waals surface area (Å²) in [4.78, 5) is 0. The first-order valence-electron chi connectivity index (χ1n) is 2.96. The van der Waals surface area contributed by atoms with Crippen LogP contribution in [-0.2, 0) is 0 Å². The monoisotopic (exact) mass is 159 g/mol. The summed E-state index contributed by atoms with van der Waals surface area (Å²) in [5.74, 6) is 0. The van der Waals surface area contributed by atoms with Crippen LogP contribution in [0.1, 0.15) is 11.3 Å². The molecule has 6 heteroatoms. The summed E-state index contributed by atoms with van der Waals surface area (Å²) in [6.07, 6.45) is 1.63. The predicted molar refractivity (Wildman–Crippen MR) is 38.4 cm³/mol. The highest BCUT2D eigenvalue weighted by Gasteiger charge is 1.92. The third-order valence-corrected chi connectivity index (χ3v) is 0.990. The largest absolute Gasteiger partial charge is 0.631 e. The summed E-state index contributed by atoms with van der Waals surface area (Å²) < 4.78 is 4.59. The van der Waals surface area contributed by atoms with Gasteiger partial charge in [-0.05, 0) is 13.8 Å². The Morgan fingerprint density at radius 3 is 1.91 bits per heavy atom. The SMILES string of the molecule is Cc1conc1C.OB(O)O. The molecule has 0 aliphatic rings. The van der Waals surface area contributed by atoms with E-state index in [0.717, 1.165) is 11.3 Å². The van der Waals surface area contributed by atoms with Crippen molar-refractivity contribution >= 4 is 7.32 Å². The lowest BCUT2D eigenvalue weighted by molar-refractivity contribution is 0.278. The summed E-state index contributed by atoms with van der Waals surface area (Å²) in [6.45, 7) is 3.88. The molecule has 0 spiro atoms. The molecule has 3 N–H and O–H groups in total. The highest BCUT2D eigenvalue weighted by Crippen LogP contribution is 1.99. The van der Waals surface area contributed by atoms with Crippen molar-refractivity contribution in [3.05, 3.63) is 17.5 Å². The van der Waals surface area contributed by atoms with Crippen LogP contribution in [0.5, 0.6) is 0 Å². The molecule has 0 aliphatic heterocycles. The summed E-state index contributed by atoms with van der Waals surface area (Å²) in [7, 11) is -2.17. The average Bonchev–Trinajstić information content (AvgIpc) is 2.15. The van der Waals surface area contributed by atoms with E-state index in [-0.39, 0.29) is 0 Å². The van der Waals surface area contributed by atoms with Crippen LogP contribution in [-0.4, -0.2) is 27.5 Å². The topological polar surface area (TPSA) is 86.7 Å². The molecular formula is C5H10BNO4. The Kier molecular flexibility index (Phi) is 4.52. The fourth-order valence-electron chi connectivity index (χ4n) is 0.342. The molecule has 62 valence electrons. The maximum absolute atomic E-state index is 7.17. The minimum absolute atomic E-state index is 0.972. The first kappa shape index (κ1) is 10.2. The van der Waals surface area contributed by atoms with Gasteiger partial charge >= 0.3 is 7.32 Å². The highest BCUT2D eigenvalue weighted by molar-refractivity contribution is 6.30. The molecule has 1 aromatic heterocycles. The van der Waals surface area contributed by atoms with Crippen molar-refractivity contribution in [1.82, 2.24) is 5.16 Å². The van der Waals surface area contributed by atoms with E-state index in [1.54, 1.807) is 6.26 Å². The molecule has 0 bridgehead atoms. The molecule has 0 aliphatic carbocycles. The van der Waals surface area contributed by atoms with Crippen molar-refractivity contribution in [3.63, 3.8) is 0 Å². The molecular weight excluding hydrogens is 149 g/mol. The highest BCUT2D eigenvalue weighted by atomic mass is 16.5. The van der Waals surface area contributed by atoms with Crippen LogP contribution in [0.4, 0.5) is 0 Å². The van der Waals surface area contributed by atoms with Crippen molar-refractivity contribution in [2.75, 3.05) is 0 Å². The minimum Gasteiger partial charge on any atom is -0.402 e. The maximum atomic E-state index is 7.17. The van der Waals surface area contributed by atoms with Crippen LogP contribution < -0.4 is 0 Å². The Morgan fingerprint density at radius 1 is 1.36 bits per heavy atom. The first-order chi connectivity index (χ1) is 5.04. The lowest BCUT2D eigenvalue weighted by Gasteiger charge is -1.74. The third-order valence-electron chi connectivity index (χ3n) is 0.990. The van der Waals surface area contributed by atoms with Crippen molar-refractivity contribution in [2.24, 2.45) is 0 Å². The van der Waals surface area contributed by atoms with Gasteiger partial charge in [-0.2, -0.15) is 0 Å². The van der Waals surface area contributed by atoms with Crippen LogP contribution in [0.15, 0.2) is 10.8 Å². The van der Waals surface area contributed by atoms with Crippen LogP contribution in [0.25, 0.3) is 0 Å². The van der Waals surface area contributed by atoms with Gasteiger partial charge in [0.05, 0.1) is 5.69 Å². The van der Waals surface area contributed by atoms with Gasteiger partial charge in [0.1, 0.15) is 6.26 Å². The molecule has 0 fully saturated rings. The van der Waals surface area contributed by atoms with Gasteiger partial charge < -0.3 is 19.6 Å². The first-order valence-corrected chi connectivity index (χ1v) is 2.96. The summed E-state index contributed by atoms with van der Waals surface area (Å²) in [5, 5.41) is 25.1. The molecule has 0 aromatic carbocycles. The number of hydrogen-bond acceptors (Lipinski definition) is 5. The summed E-state index contributed by atoms with van der Waals surface area (Å²) in [5.41, 5.74) is 2.08. The fraction of sp³-hybridized carbons (Fsp3) is 0.400. The lowest BCUT2D eigenvalue weighted by atomic mass is 10.3. The Morgan fingerprint density at radius 2 is 1.82 bits per heavy atom.